The Labute approximate surface area is 182 Å². The molecule has 1 atom stereocenters. The first-order valence-corrected chi connectivity index (χ1v) is 10.8. The second-order valence-electron chi connectivity index (χ2n) is 7.73. The van der Waals surface area contributed by atoms with Crippen molar-refractivity contribution in [3.8, 4) is 5.75 Å². The van der Waals surface area contributed by atoms with Crippen LogP contribution >= 0.6 is 0 Å². The van der Waals surface area contributed by atoms with Gasteiger partial charge < -0.3 is 19.4 Å². The molecule has 31 heavy (non-hydrogen) atoms. The van der Waals surface area contributed by atoms with Crippen molar-refractivity contribution in [3.63, 3.8) is 0 Å². The highest BCUT2D eigenvalue weighted by Crippen LogP contribution is 2.34. The van der Waals surface area contributed by atoms with E-state index < -0.39 is 6.10 Å². The third-order valence-corrected chi connectivity index (χ3v) is 5.52. The molecule has 0 fully saturated rings. The summed E-state index contributed by atoms with van der Waals surface area (Å²) in [5.74, 6) is 1.68. The van der Waals surface area contributed by atoms with Gasteiger partial charge in [-0.05, 0) is 30.5 Å². The monoisotopic (exact) mass is 420 g/mol. The molecule has 4 rings (SSSR count). The summed E-state index contributed by atoms with van der Waals surface area (Å²) in [6.07, 6.45) is 1.78. The summed E-state index contributed by atoms with van der Waals surface area (Å²) in [7, 11) is 0. The highest BCUT2D eigenvalue weighted by atomic mass is 16.5. The maximum atomic E-state index is 12.8. The summed E-state index contributed by atoms with van der Waals surface area (Å²) in [5.41, 5.74) is 2.03. The van der Waals surface area contributed by atoms with Crippen LogP contribution in [0.25, 0.3) is 0 Å². The van der Waals surface area contributed by atoms with Crippen LogP contribution in [0.5, 0.6) is 5.75 Å². The smallest absolute Gasteiger partial charge is 0.263 e. The highest BCUT2D eigenvalue weighted by molar-refractivity contribution is 5.83. The van der Waals surface area contributed by atoms with Gasteiger partial charge in [-0.15, -0.1) is 10.2 Å². The zero-order valence-electron chi connectivity index (χ0n) is 18.0. The van der Waals surface area contributed by atoms with Crippen molar-refractivity contribution in [2.45, 2.75) is 51.8 Å². The van der Waals surface area contributed by atoms with E-state index >= 15 is 0 Å². The lowest BCUT2D eigenvalue weighted by Crippen LogP contribution is -2.51. The highest BCUT2D eigenvalue weighted by Gasteiger charge is 2.32. The number of carbonyl (C=O) groups excluding carboxylic acids is 1. The molecule has 0 aliphatic carbocycles. The molecule has 2 aromatic carbocycles. The van der Waals surface area contributed by atoms with E-state index in [0.717, 1.165) is 24.1 Å². The molecule has 1 amide bonds. The number of para-hydroxylation sites is 2. The van der Waals surface area contributed by atoms with Crippen LogP contribution in [0.15, 0.2) is 59.0 Å². The van der Waals surface area contributed by atoms with E-state index in [-0.39, 0.29) is 11.9 Å². The Kier molecular flexibility index (Phi) is 6.50. The zero-order valence-corrected chi connectivity index (χ0v) is 18.0. The minimum atomic E-state index is -0.595. The van der Waals surface area contributed by atoms with E-state index in [1.54, 1.807) is 0 Å². The number of amides is 1. The van der Waals surface area contributed by atoms with Crippen LogP contribution in [0, 0.1) is 0 Å². The Morgan fingerprint density at radius 2 is 1.77 bits per heavy atom. The lowest BCUT2D eigenvalue weighted by atomic mass is 10.1. The lowest BCUT2D eigenvalue weighted by Gasteiger charge is -2.35. The number of ether oxygens (including phenoxy) is 1. The summed E-state index contributed by atoms with van der Waals surface area (Å²) in [5, 5.41) is 11.5. The molecule has 0 bridgehead atoms. The summed E-state index contributed by atoms with van der Waals surface area (Å²) < 4.78 is 11.9. The lowest BCUT2D eigenvalue weighted by molar-refractivity contribution is -0.128. The molecule has 0 spiro atoms. The average Bonchev–Trinajstić information content (AvgIpc) is 3.24. The van der Waals surface area contributed by atoms with Gasteiger partial charge in [0.1, 0.15) is 5.75 Å². The van der Waals surface area contributed by atoms with Crippen molar-refractivity contribution in [1.29, 1.82) is 0 Å². The van der Waals surface area contributed by atoms with Gasteiger partial charge in [0.2, 0.25) is 11.8 Å². The molecule has 1 N–H and O–H groups in total. The Hall–Kier alpha value is -3.35. The van der Waals surface area contributed by atoms with Crippen molar-refractivity contribution in [3.05, 3.63) is 71.9 Å². The predicted molar refractivity (Wildman–Crippen MR) is 118 cm³/mol. The number of hydrogen-bond acceptors (Lipinski definition) is 6. The molecule has 1 unspecified atom stereocenters. The van der Waals surface area contributed by atoms with Crippen molar-refractivity contribution in [1.82, 2.24) is 15.5 Å². The Morgan fingerprint density at radius 1 is 1.06 bits per heavy atom. The van der Waals surface area contributed by atoms with Crippen molar-refractivity contribution in [2.75, 3.05) is 11.4 Å². The number of hydrogen-bond donors (Lipinski definition) is 1. The zero-order chi connectivity index (χ0) is 21.6. The number of rotatable bonds is 8. The molecule has 1 aromatic heterocycles. The number of benzene rings is 2. The fourth-order valence-electron chi connectivity index (χ4n) is 3.74. The SMILES string of the molecule is CCC(CC)NC(=O)C1CN(Cc2nnc(Cc3ccccc3)o2)c2ccccc2O1. The van der Waals surface area contributed by atoms with Gasteiger partial charge in [0.15, 0.2) is 6.10 Å². The first-order valence-electron chi connectivity index (χ1n) is 10.8. The standard InChI is InChI=1S/C24H28N4O3/c1-3-18(4-2)25-24(29)21-15-28(19-12-8-9-13-20(19)30-21)16-23-27-26-22(31-23)14-17-10-6-5-7-11-17/h5-13,18,21H,3-4,14-16H2,1-2H3,(H,25,29). The minimum absolute atomic E-state index is 0.0940. The fourth-order valence-corrected chi connectivity index (χ4v) is 3.74. The molecule has 1 aliphatic rings. The molecular weight excluding hydrogens is 392 g/mol. The summed E-state index contributed by atoms with van der Waals surface area (Å²) in [6.45, 7) is 4.97. The molecule has 0 saturated carbocycles. The van der Waals surface area contributed by atoms with Crippen molar-refractivity contribution >= 4 is 11.6 Å². The van der Waals surface area contributed by atoms with Gasteiger partial charge >= 0.3 is 0 Å². The average molecular weight is 421 g/mol. The number of anilines is 1. The first-order chi connectivity index (χ1) is 15.2. The number of nitrogens with zero attached hydrogens (tertiary/aromatic N) is 3. The maximum Gasteiger partial charge on any atom is 0.263 e. The van der Waals surface area contributed by atoms with Gasteiger partial charge in [0.05, 0.1) is 25.2 Å². The summed E-state index contributed by atoms with van der Waals surface area (Å²) >= 11 is 0. The molecule has 7 nitrogen and oxygen atoms in total. The third-order valence-electron chi connectivity index (χ3n) is 5.52. The number of aromatic nitrogens is 2. The van der Waals surface area contributed by atoms with Crippen LogP contribution in [-0.2, 0) is 17.8 Å². The third kappa shape index (κ3) is 5.05. The van der Waals surface area contributed by atoms with Gasteiger partial charge in [-0.1, -0.05) is 56.3 Å². The molecule has 0 radical (unpaired) electrons. The first kappa shape index (κ1) is 20.9. The van der Waals surface area contributed by atoms with Crippen molar-refractivity contribution < 1.29 is 13.9 Å². The largest absolute Gasteiger partial charge is 0.477 e. The summed E-state index contributed by atoms with van der Waals surface area (Å²) in [6, 6.07) is 17.9. The molecule has 2 heterocycles. The molecule has 0 saturated heterocycles. The normalized spacial score (nSPS) is 15.5. The number of fused-ring (bicyclic) bond motifs is 1. The van der Waals surface area contributed by atoms with Gasteiger partial charge in [0.25, 0.3) is 5.91 Å². The molecule has 1 aliphatic heterocycles. The quantitative estimate of drug-likeness (QED) is 0.598. The van der Waals surface area contributed by atoms with E-state index in [1.165, 1.54) is 0 Å². The molecular formula is C24H28N4O3. The van der Waals surface area contributed by atoms with Crippen LogP contribution in [0.3, 0.4) is 0 Å². The number of nitrogens with one attached hydrogen (secondary N) is 1. The van der Waals surface area contributed by atoms with Crippen molar-refractivity contribution in [2.24, 2.45) is 0 Å². The Balaban J connectivity index is 1.48. The molecule has 162 valence electrons. The second kappa shape index (κ2) is 9.64. The van der Waals surface area contributed by atoms with E-state index in [9.17, 15) is 4.79 Å². The van der Waals surface area contributed by atoms with E-state index in [0.29, 0.717) is 37.0 Å². The van der Waals surface area contributed by atoms with Gasteiger partial charge in [-0.25, -0.2) is 0 Å². The minimum Gasteiger partial charge on any atom is -0.477 e. The Morgan fingerprint density at radius 3 is 2.55 bits per heavy atom. The Bertz CT molecular complexity index is 1000. The van der Waals surface area contributed by atoms with E-state index in [1.807, 2.05) is 54.6 Å². The second-order valence-corrected chi connectivity index (χ2v) is 7.73. The number of carbonyl (C=O) groups is 1. The van der Waals surface area contributed by atoms with Gasteiger partial charge in [0, 0.05) is 6.04 Å². The van der Waals surface area contributed by atoms with Crippen LogP contribution in [0.4, 0.5) is 5.69 Å². The predicted octanol–water partition coefficient (Wildman–Crippen LogP) is 3.73. The fraction of sp³-hybridized carbons (Fsp3) is 0.375. The molecule has 7 heteroatoms. The van der Waals surface area contributed by atoms with E-state index in [4.69, 9.17) is 9.15 Å². The van der Waals surface area contributed by atoms with Gasteiger partial charge in [-0.3, -0.25) is 4.79 Å². The van der Waals surface area contributed by atoms with E-state index in [2.05, 4.69) is 34.3 Å². The van der Waals surface area contributed by atoms with Gasteiger partial charge in [-0.2, -0.15) is 0 Å². The summed E-state index contributed by atoms with van der Waals surface area (Å²) in [4.78, 5) is 14.9. The molecule has 3 aromatic rings. The van der Waals surface area contributed by atoms with Crippen LogP contribution in [-0.4, -0.2) is 34.8 Å². The van der Waals surface area contributed by atoms with Crippen LogP contribution in [0.2, 0.25) is 0 Å². The maximum absolute atomic E-state index is 12.8. The topological polar surface area (TPSA) is 80.5 Å². The van der Waals surface area contributed by atoms with Crippen LogP contribution in [0.1, 0.15) is 44.0 Å². The van der Waals surface area contributed by atoms with Crippen LogP contribution < -0.4 is 15.0 Å².